The summed E-state index contributed by atoms with van der Waals surface area (Å²) in [6, 6.07) is 5.02. The highest BCUT2D eigenvalue weighted by molar-refractivity contribution is 5.87. The van der Waals surface area contributed by atoms with Gasteiger partial charge in [-0.25, -0.2) is 0 Å². The van der Waals surface area contributed by atoms with Crippen LogP contribution in [0.3, 0.4) is 0 Å². The summed E-state index contributed by atoms with van der Waals surface area (Å²) in [7, 11) is 0. The average Bonchev–Trinajstić information content (AvgIpc) is 2.79. The van der Waals surface area contributed by atoms with E-state index in [9.17, 15) is 18.0 Å². The summed E-state index contributed by atoms with van der Waals surface area (Å²) in [5, 5.41) is 13.1. The third kappa shape index (κ3) is 7.46. The summed E-state index contributed by atoms with van der Waals surface area (Å²) >= 11 is 0. The number of rotatable bonds is 8. The third-order valence-electron chi connectivity index (χ3n) is 5.90. The molecule has 0 unspecified atom stereocenters. The summed E-state index contributed by atoms with van der Waals surface area (Å²) in [5.41, 5.74) is 0.528. The number of carbonyl (C=O) groups is 1. The second-order valence-electron chi connectivity index (χ2n) is 8.17. The quantitative estimate of drug-likeness (QED) is 0.608. The Hall–Kier alpha value is -2.17. The first-order chi connectivity index (χ1) is 15.3. The van der Waals surface area contributed by atoms with Gasteiger partial charge in [0.15, 0.2) is 0 Å². The van der Waals surface area contributed by atoms with Gasteiger partial charge in [-0.1, -0.05) is 17.3 Å². The number of β-amino-alcohol motifs (C(OH)–C–C–N with tert-alkyl or cyclic N) is 1. The van der Waals surface area contributed by atoms with Gasteiger partial charge < -0.3 is 19.7 Å². The molecule has 32 heavy (non-hydrogen) atoms. The van der Waals surface area contributed by atoms with E-state index in [1.165, 1.54) is 6.07 Å². The van der Waals surface area contributed by atoms with Crippen LogP contribution in [0.4, 0.5) is 13.2 Å². The molecule has 0 saturated carbocycles. The smallest absolute Gasteiger partial charge is 0.395 e. The van der Waals surface area contributed by atoms with Gasteiger partial charge in [-0.3, -0.25) is 9.69 Å². The summed E-state index contributed by atoms with van der Waals surface area (Å²) in [4.78, 5) is 24.1. The van der Waals surface area contributed by atoms with Crippen LogP contribution in [-0.2, 0) is 22.4 Å². The Balaban J connectivity index is 1.35. The fourth-order valence-electron chi connectivity index (χ4n) is 3.93. The van der Waals surface area contributed by atoms with Gasteiger partial charge in [0.1, 0.15) is 6.61 Å². The molecule has 2 fully saturated rings. The Labute approximate surface area is 186 Å². The number of piperidine rings is 1. The first-order valence-corrected chi connectivity index (χ1v) is 11.0. The predicted molar refractivity (Wildman–Crippen MR) is 114 cm³/mol. The zero-order valence-electron chi connectivity index (χ0n) is 18.2. The van der Waals surface area contributed by atoms with Gasteiger partial charge in [0.2, 0.25) is 5.91 Å². The van der Waals surface area contributed by atoms with Gasteiger partial charge in [-0.15, -0.1) is 0 Å². The lowest BCUT2D eigenvalue weighted by atomic mass is 10.1. The van der Waals surface area contributed by atoms with E-state index < -0.39 is 11.7 Å². The lowest BCUT2D eigenvalue weighted by Crippen LogP contribution is -2.48. The van der Waals surface area contributed by atoms with Crippen molar-refractivity contribution in [3.8, 4) is 0 Å². The van der Waals surface area contributed by atoms with E-state index in [0.29, 0.717) is 44.5 Å². The summed E-state index contributed by atoms with van der Waals surface area (Å²) in [6.07, 6.45) is -2.68. The van der Waals surface area contributed by atoms with Gasteiger partial charge in [0, 0.05) is 71.6 Å². The molecule has 2 heterocycles. The molecule has 1 amide bonds. The Kier molecular flexibility index (Phi) is 8.89. The second kappa shape index (κ2) is 11.6. The van der Waals surface area contributed by atoms with Crippen molar-refractivity contribution in [3.05, 3.63) is 35.4 Å². The number of alkyl halides is 3. The van der Waals surface area contributed by atoms with Crippen LogP contribution >= 0.6 is 0 Å². The van der Waals surface area contributed by atoms with Crippen molar-refractivity contribution in [2.24, 2.45) is 5.16 Å². The highest BCUT2D eigenvalue weighted by Gasteiger charge is 2.30. The molecule has 0 atom stereocenters. The average molecular weight is 457 g/mol. The standard InChI is InChI=1S/C22H31F3N4O3/c23-22(24,25)19-3-1-2-18(16-19)17-32-26-20-4-8-29(9-5-20)21(31)6-7-27-10-12-28(13-11-27)14-15-30/h1-3,16,30H,4-15,17H2. The number of aliphatic hydroxyl groups is 1. The number of halogens is 3. The van der Waals surface area contributed by atoms with Crippen molar-refractivity contribution in [2.75, 3.05) is 59.0 Å². The van der Waals surface area contributed by atoms with E-state index in [1.807, 2.05) is 4.90 Å². The number of nitrogens with zero attached hydrogens (tertiary/aromatic N) is 4. The van der Waals surface area contributed by atoms with Crippen molar-refractivity contribution in [3.63, 3.8) is 0 Å². The molecule has 0 aliphatic carbocycles. The van der Waals surface area contributed by atoms with Crippen LogP contribution in [0.25, 0.3) is 0 Å². The van der Waals surface area contributed by atoms with E-state index in [2.05, 4.69) is 15.0 Å². The van der Waals surface area contributed by atoms with Crippen LogP contribution in [0.1, 0.15) is 30.4 Å². The molecule has 1 aromatic carbocycles. The molecule has 3 rings (SSSR count). The Morgan fingerprint density at radius 3 is 2.31 bits per heavy atom. The Morgan fingerprint density at radius 1 is 1.03 bits per heavy atom. The minimum absolute atomic E-state index is 0.0262. The molecule has 1 aromatic rings. The summed E-state index contributed by atoms with van der Waals surface area (Å²) < 4.78 is 38.3. The molecule has 2 aliphatic heterocycles. The lowest BCUT2D eigenvalue weighted by Gasteiger charge is -2.34. The van der Waals surface area contributed by atoms with Crippen molar-refractivity contribution in [1.82, 2.24) is 14.7 Å². The van der Waals surface area contributed by atoms with E-state index >= 15 is 0 Å². The SMILES string of the molecule is O=C(CCN1CCN(CCO)CC1)N1CCC(=NOCc2cccc(C(F)(F)F)c2)CC1. The minimum atomic E-state index is -4.38. The van der Waals surface area contributed by atoms with E-state index in [-0.39, 0.29) is 19.1 Å². The predicted octanol–water partition coefficient (Wildman–Crippen LogP) is 2.20. The molecule has 2 aliphatic rings. The van der Waals surface area contributed by atoms with Crippen LogP contribution in [0, 0.1) is 0 Å². The minimum Gasteiger partial charge on any atom is -0.395 e. The monoisotopic (exact) mass is 456 g/mol. The molecule has 10 heteroatoms. The van der Waals surface area contributed by atoms with Crippen molar-refractivity contribution < 1.29 is 27.9 Å². The molecule has 178 valence electrons. The first-order valence-electron chi connectivity index (χ1n) is 11.0. The van der Waals surface area contributed by atoms with E-state index in [0.717, 1.165) is 50.6 Å². The zero-order valence-corrected chi connectivity index (χ0v) is 18.2. The van der Waals surface area contributed by atoms with Gasteiger partial charge >= 0.3 is 6.18 Å². The maximum Gasteiger partial charge on any atom is 0.416 e. The van der Waals surface area contributed by atoms with Gasteiger partial charge in [0.25, 0.3) is 0 Å². The highest BCUT2D eigenvalue weighted by atomic mass is 19.4. The first kappa shape index (κ1) is 24.5. The molecule has 2 saturated heterocycles. The van der Waals surface area contributed by atoms with Crippen LogP contribution < -0.4 is 0 Å². The summed E-state index contributed by atoms with van der Waals surface area (Å²) in [5.74, 6) is 0.131. The summed E-state index contributed by atoms with van der Waals surface area (Å²) in [6.45, 7) is 6.40. The Bertz CT molecular complexity index is 770. The van der Waals surface area contributed by atoms with Crippen LogP contribution in [-0.4, -0.2) is 90.4 Å². The number of carbonyl (C=O) groups excluding carboxylic acids is 1. The molecular weight excluding hydrogens is 425 g/mol. The fraction of sp³-hybridized carbons (Fsp3) is 0.636. The molecule has 0 spiro atoms. The van der Waals surface area contributed by atoms with E-state index in [1.54, 1.807) is 6.07 Å². The molecule has 0 radical (unpaired) electrons. The molecule has 0 bridgehead atoms. The maximum absolute atomic E-state index is 12.8. The van der Waals surface area contributed by atoms with Gasteiger partial charge in [-0.2, -0.15) is 13.2 Å². The number of hydrogen-bond donors (Lipinski definition) is 1. The van der Waals surface area contributed by atoms with Crippen LogP contribution in [0.15, 0.2) is 29.4 Å². The highest BCUT2D eigenvalue weighted by Crippen LogP contribution is 2.29. The number of oxime groups is 1. The topological polar surface area (TPSA) is 68.6 Å². The largest absolute Gasteiger partial charge is 0.416 e. The zero-order chi connectivity index (χ0) is 23.0. The van der Waals surface area contributed by atoms with Crippen LogP contribution in [0.2, 0.25) is 0 Å². The van der Waals surface area contributed by atoms with Crippen molar-refractivity contribution in [1.29, 1.82) is 0 Å². The maximum atomic E-state index is 12.8. The second-order valence-corrected chi connectivity index (χ2v) is 8.17. The Morgan fingerprint density at radius 2 is 1.69 bits per heavy atom. The fourth-order valence-corrected chi connectivity index (χ4v) is 3.93. The van der Waals surface area contributed by atoms with Gasteiger partial charge in [-0.05, 0) is 17.7 Å². The van der Waals surface area contributed by atoms with Crippen molar-refractivity contribution in [2.45, 2.75) is 32.0 Å². The number of likely N-dealkylation sites (tertiary alicyclic amines) is 1. The number of aliphatic hydroxyl groups excluding tert-OH is 1. The normalized spacial score (nSPS) is 18.6. The molecular formula is C22H31F3N4O3. The van der Waals surface area contributed by atoms with E-state index in [4.69, 9.17) is 9.94 Å². The number of piperazine rings is 1. The van der Waals surface area contributed by atoms with Gasteiger partial charge in [0.05, 0.1) is 17.9 Å². The lowest BCUT2D eigenvalue weighted by molar-refractivity contribution is -0.137. The molecule has 7 nitrogen and oxygen atoms in total. The molecule has 1 N–H and O–H groups in total. The molecule has 0 aromatic heterocycles. The number of amides is 1. The van der Waals surface area contributed by atoms with Crippen LogP contribution in [0.5, 0.6) is 0 Å². The third-order valence-corrected chi connectivity index (χ3v) is 5.90. The van der Waals surface area contributed by atoms with Crippen molar-refractivity contribution >= 4 is 11.6 Å². The number of benzene rings is 1. The number of hydrogen-bond acceptors (Lipinski definition) is 6.